The molecule has 0 bridgehead atoms. The molecule has 3 rings (SSSR count). The molecule has 6 nitrogen and oxygen atoms in total. The lowest BCUT2D eigenvalue weighted by molar-refractivity contribution is 0.0600. The van der Waals surface area contributed by atoms with Crippen LogP contribution in [0.15, 0.2) is 53.2 Å². The van der Waals surface area contributed by atoms with Gasteiger partial charge >= 0.3 is 5.97 Å². The van der Waals surface area contributed by atoms with Gasteiger partial charge in [-0.05, 0) is 13.0 Å². The summed E-state index contributed by atoms with van der Waals surface area (Å²) in [5.74, 6) is 0.573. The second-order valence-corrected chi connectivity index (χ2v) is 5.09. The van der Waals surface area contributed by atoms with E-state index < -0.39 is 5.97 Å². The van der Waals surface area contributed by atoms with Gasteiger partial charge < -0.3 is 14.0 Å². The first-order valence-electron chi connectivity index (χ1n) is 7.37. The van der Waals surface area contributed by atoms with E-state index in [-0.39, 0.29) is 6.61 Å². The standard InChI is InChI=1S/C18H16N2O4/c1-12-15(17(20-24-12)13-6-4-3-5-7-13)11-23-16-10-14(8-9-19-16)18(21)22-2/h3-10H,11H2,1-2H3. The average Bonchev–Trinajstić information content (AvgIpc) is 3.01. The molecule has 0 aliphatic carbocycles. The lowest BCUT2D eigenvalue weighted by atomic mass is 10.1. The van der Waals surface area contributed by atoms with Crippen molar-refractivity contribution in [2.75, 3.05) is 7.11 Å². The smallest absolute Gasteiger partial charge is 0.338 e. The lowest BCUT2D eigenvalue weighted by Crippen LogP contribution is -2.04. The van der Waals surface area contributed by atoms with E-state index in [0.717, 1.165) is 16.8 Å². The van der Waals surface area contributed by atoms with Gasteiger partial charge in [0.1, 0.15) is 18.1 Å². The molecule has 2 heterocycles. The van der Waals surface area contributed by atoms with Crippen molar-refractivity contribution in [3.63, 3.8) is 0 Å². The van der Waals surface area contributed by atoms with E-state index in [1.54, 1.807) is 6.07 Å². The van der Waals surface area contributed by atoms with Gasteiger partial charge in [0, 0.05) is 17.8 Å². The number of pyridine rings is 1. The molecule has 0 N–H and O–H groups in total. The zero-order chi connectivity index (χ0) is 16.9. The molecular weight excluding hydrogens is 308 g/mol. The van der Waals surface area contributed by atoms with Crippen molar-refractivity contribution in [1.29, 1.82) is 0 Å². The Morgan fingerprint density at radius 2 is 2.00 bits per heavy atom. The van der Waals surface area contributed by atoms with Gasteiger partial charge in [0.2, 0.25) is 5.88 Å². The monoisotopic (exact) mass is 324 g/mol. The summed E-state index contributed by atoms with van der Waals surface area (Å²) in [7, 11) is 1.33. The van der Waals surface area contributed by atoms with E-state index >= 15 is 0 Å². The molecule has 0 saturated carbocycles. The summed E-state index contributed by atoms with van der Waals surface area (Å²) in [5.41, 5.74) is 2.90. The molecule has 0 aliphatic rings. The number of aryl methyl sites for hydroxylation is 1. The van der Waals surface area contributed by atoms with E-state index in [9.17, 15) is 4.79 Å². The minimum absolute atomic E-state index is 0.233. The van der Waals surface area contributed by atoms with Crippen molar-refractivity contribution < 1.29 is 18.8 Å². The van der Waals surface area contributed by atoms with Crippen LogP contribution in [0.2, 0.25) is 0 Å². The van der Waals surface area contributed by atoms with Crippen LogP contribution in [-0.2, 0) is 11.3 Å². The van der Waals surface area contributed by atoms with Crippen LogP contribution in [0.4, 0.5) is 0 Å². The van der Waals surface area contributed by atoms with Crippen molar-refractivity contribution in [2.45, 2.75) is 13.5 Å². The van der Waals surface area contributed by atoms with Crippen LogP contribution in [0.3, 0.4) is 0 Å². The molecule has 0 fully saturated rings. The second kappa shape index (κ2) is 6.95. The highest BCUT2D eigenvalue weighted by atomic mass is 16.5. The summed E-state index contributed by atoms with van der Waals surface area (Å²) in [6, 6.07) is 12.8. The topological polar surface area (TPSA) is 74.5 Å². The van der Waals surface area contributed by atoms with E-state index in [2.05, 4.69) is 10.1 Å². The van der Waals surface area contributed by atoms with Crippen LogP contribution < -0.4 is 4.74 Å². The maximum atomic E-state index is 11.6. The van der Waals surface area contributed by atoms with E-state index in [1.807, 2.05) is 37.3 Å². The molecule has 0 saturated heterocycles. The molecule has 0 amide bonds. The fourth-order valence-corrected chi connectivity index (χ4v) is 2.26. The third-order valence-corrected chi connectivity index (χ3v) is 3.55. The first kappa shape index (κ1) is 15.7. The summed E-state index contributed by atoms with van der Waals surface area (Å²) in [6.07, 6.45) is 1.50. The third kappa shape index (κ3) is 3.27. The predicted molar refractivity (Wildman–Crippen MR) is 86.6 cm³/mol. The van der Waals surface area contributed by atoms with Gasteiger partial charge in [0.15, 0.2) is 0 Å². The van der Waals surface area contributed by atoms with Crippen molar-refractivity contribution >= 4 is 5.97 Å². The molecule has 1 aromatic carbocycles. The Balaban J connectivity index is 1.81. The quantitative estimate of drug-likeness (QED) is 0.670. The van der Waals surface area contributed by atoms with Gasteiger partial charge in [0.25, 0.3) is 0 Å². The van der Waals surface area contributed by atoms with E-state index in [0.29, 0.717) is 17.2 Å². The molecule has 122 valence electrons. The van der Waals surface area contributed by atoms with Crippen LogP contribution in [0.5, 0.6) is 5.88 Å². The number of esters is 1. The molecule has 24 heavy (non-hydrogen) atoms. The number of ether oxygens (including phenoxy) is 2. The molecular formula is C18H16N2O4. The van der Waals surface area contributed by atoms with Gasteiger partial charge in [-0.15, -0.1) is 0 Å². The zero-order valence-electron chi connectivity index (χ0n) is 13.4. The van der Waals surface area contributed by atoms with Gasteiger partial charge in [0.05, 0.1) is 18.2 Å². The highest BCUT2D eigenvalue weighted by Crippen LogP contribution is 2.26. The summed E-state index contributed by atoms with van der Waals surface area (Å²) in [5, 5.41) is 4.11. The first-order valence-corrected chi connectivity index (χ1v) is 7.37. The average molecular weight is 324 g/mol. The number of hydrogen-bond donors (Lipinski definition) is 0. The minimum atomic E-state index is -0.437. The fraction of sp³-hybridized carbons (Fsp3) is 0.167. The maximum absolute atomic E-state index is 11.6. The molecule has 0 spiro atoms. The van der Waals surface area contributed by atoms with E-state index in [1.165, 1.54) is 19.4 Å². The molecule has 0 unspecified atom stereocenters. The number of methoxy groups -OCH3 is 1. The number of benzene rings is 1. The van der Waals surface area contributed by atoms with E-state index in [4.69, 9.17) is 14.0 Å². The lowest BCUT2D eigenvalue weighted by Gasteiger charge is -2.07. The van der Waals surface area contributed by atoms with Gasteiger partial charge in [-0.25, -0.2) is 9.78 Å². The van der Waals surface area contributed by atoms with Crippen molar-refractivity contribution in [3.05, 3.63) is 65.5 Å². The van der Waals surface area contributed by atoms with Gasteiger partial charge in [-0.3, -0.25) is 0 Å². The second-order valence-electron chi connectivity index (χ2n) is 5.09. The Bertz CT molecular complexity index is 843. The largest absolute Gasteiger partial charge is 0.473 e. The highest BCUT2D eigenvalue weighted by molar-refractivity contribution is 5.89. The third-order valence-electron chi connectivity index (χ3n) is 3.55. The number of carbonyl (C=O) groups excluding carboxylic acids is 1. The number of hydrogen-bond acceptors (Lipinski definition) is 6. The Morgan fingerprint density at radius 3 is 2.75 bits per heavy atom. The summed E-state index contributed by atoms with van der Waals surface area (Å²) in [6.45, 7) is 2.06. The van der Waals surface area contributed by atoms with Gasteiger partial charge in [-0.2, -0.15) is 0 Å². The molecule has 6 heteroatoms. The normalized spacial score (nSPS) is 10.4. The van der Waals surface area contributed by atoms with Crippen molar-refractivity contribution in [2.24, 2.45) is 0 Å². The Hall–Kier alpha value is -3.15. The summed E-state index contributed by atoms with van der Waals surface area (Å²) >= 11 is 0. The Kier molecular flexibility index (Phi) is 4.56. The molecule has 3 aromatic rings. The summed E-state index contributed by atoms with van der Waals surface area (Å²) < 4.78 is 15.7. The Morgan fingerprint density at radius 1 is 1.21 bits per heavy atom. The van der Waals surface area contributed by atoms with Crippen molar-refractivity contribution in [3.8, 4) is 17.1 Å². The van der Waals surface area contributed by atoms with Crippen LogP contribution in [0.1, 0.15) is 21.7 Å². The molecule has 0 atom stereocenters. The maximum Gasteiger partial charge on any atom is 0.338 e. The van der Waals surface area contributed by atoms with Crippen molar-refractivity contribution in [1.82, 2.24) is 10.1 Å². The van der Waals surface area contributed by atoms with Crippen LogP contribution in [0.25, 0.3) is 11.3 Å². The number of carbonyl (C=O) groups is 1. The number of aromatic nitrogens is 2. The first-order chi connectivity index (χ1) is 11.7. The van der Waals surface area contributed by atoms with Gasteiger partial charge in [-0.1, -0.05) is 35.5 Å². The number of rotatable bonds is 5. The van der Waals surface area contributed by atoms with Crippen LogP contribution in [0, 0.1) is 6.92 Å². The highest BCUT2D eigenvalue weighted by Gasteiger charge is 2.16. The van der Waals surface area contributed by atoms with Crippen LogP contribution >= 0.6 is 0 Å². The van der Waals surface area contributed by atoms with Crippen LogP contribution in [-0.4, -0.2) is 23.2 Å². The molecule has 2 aromatic heterocycles. The number of nitrogens with zero attached hydrogens (tertiary/aromatic N) is 2. The Labute approximate surface area is 139 Å². The molecule has 0 radical (unpaired) electrons. The minimum Gasteiger partial charge on any atom is -0.473 e. The zero-order valence-corrected chi connectivity index (χ0v) is 13.4. The SMILES string of the molecule is COC(=O)c1ccnc(OCc2c(-c3ccccc3)noc2C)c1. The summed E-state index contributed by atoms with van der Waals surface area (Å²) in [4.78, 5) is 15.7. The fourth-order valence-electron chi connectivity index (χ4n) is 2.26. The predicted octanol–water partition coefficient (Wildman–Crippen LogP) is 3.41. The molecule has 0 aliphatic heterocycles.